The van der Waals surface area contributed by atoms with E-state index >= 15 is 0 Å². The van der Waals surface area contributed by atoms with E-state index in [1.807, 2.05) is 6.08 Å². The zero-order chi connectivity index (χ0) is 26.6. The molecule has 1 aromatic carbocycles. The van der Waals surface area contributed by atoms with Gasteiger partial charge in [0.2, 0.25) is 0 Å². The highest BCUT2D eigenvalue weighted by atomic mass is 19.4. The molecule has 2 atom stereocenters. The minimum absolute atomic E-state index is 0.0277. The minimum atomic E-state index is -4.49. The molecule has 0 bridgehead atoms. The number of allylic oxidation sites excluding steroid dienone is 1. The normalized spacial score (nSPS) is 22.6. The summed E-state index contributed by atoms with van der Waals surface area (Å²) in [7, 11) is 0. The number of alkyl halides is 3. The van der Waals surface area contributed by atoms with Gasteiger partial charge in [0.05, 0.1) is 24.1 Å². The Balaban J connectivity index is 1.21. The van der Waals surface area contributed by atoms with Gasteiger partial charge in [-0.3, -0.25) is 0 Å². The van der Waals surface area contributed by atoms with Gasteiger partial charge >= 0.3 is 12.1 Å². The molecule has 198 valence electrons. The van der Waals surface area contributed by atoms with Gasteiger partial charge in [-0.25, -0.2) is 9.78 Å². The first kappa shape index (κ1) is 24.5. The van der Waals surface area contributed by atoms with E-state index in [0.29, 0.717) is 35.7 Å². The molecule has 3 aromatic rings. The largest absolute Gasteiger partial charge is 0.491 e. The average molecular weight is 526 g/mol. The predicted octanol–water partition coefficient (Wildman–Crippen LogP) is 6.13. The maximum atomic E-state index is 13.7. The number of piperidine rings is 1. The molecule has 3 heterocycles. The summed E-state index contributed by atoms with van der Waals surface area (Å²) in [5.41, 5.74) is 0.883. The lowest BCUT2D eigenvalue weighted by molar-refractivity contribution is -0.137. The van der Waals surface area contributed by atoms with Crippen LogP contribution in [0.1, 0.15) is 53.1 Å². The van der Waals surface area contributed by atoms with Gasteiger partial charge in [-0.05, 0) is 43.6 Å². The van der Waals surface area contributed by atoms with E-state index in [1.165, 1.54) is 12.1 Å². The Hall–Kier alpha value is -3.82. The molecule has 7 nitrogen and oxygen atoms in total. The standard InChI is InChI=1S/C28H26F3N3O4/c1-2-37-23-11-16(12-32-25(23)27(35)36)34-13-20-17(21(20)14-34)9-10-19-24(33-38-26(19)15-7-8-15)18-5-3-4-6-22(18)28(29,30)31/h3-6,9-12,15,17,20-21H,2,7-8,13-14H2,1H3,(H,35,36)/b10-9+. The fourth-order valence-corrected chi connectivity index (χ4v) is 5.55. The molecule has 0 amide bonds. The molecule has 2 unspecified atom stereocenters. The maximum absolute atomic E-state index is 13.7. The van der Waals surface area contributed by atoms with Crippen molar-refractivity contribution in [3.05, 3.63) is 65.2 Å². The molecule has 38 heavy (non-hydrogen) atoms. The lowest BCUT2D eigenvalue weighted by Gasteiger charge is -2.22. The predicted molar refractivity (Wildman–Crippen MR) is 133 cm³/mol. The third-order valence-electron chi connectivity index (χ3n) is 7.64. The van der Waals surface area contributed by atoms with Crippen LogP contribution in [-0.4, -0.2) is 40.9 Å². The first-order valence-electron chi connectivity index (χ1n) is 12.7. The number of fused-ring (bicyclic) bond motifs is 1. The van der Waals surface area contributed by atoms with Crippen molar-refractivity contribution in [2.75, 3.05) is 24.6 Å². The van der Waals surface area contributed by atoms with Gasteiger partial charge in [-0.15, -0.1) is 0 Å². The Bertz CT molecular complexity index is 1400. The lowest BCUT2D eigenvalue weighted by Crippen LogP contribution is -2.24. The Kier molecular flexibility index (Phi) is 5.92. The Morgan fingerprint density at radius 1 is 1.24 bits per heavy atom. The van der Waals surface area contributed by atoms with Crippen molar-refractivity contribution in [3.8, 4) is 17.0 Å². The number of carbonyl (C=O) groups is 1. The van der Waals surface area contributed by atoms with E-state index in [1.54, 1.807) is 25.3 Å². The number of aromatic carboxylic acids is 1. The van der Waals surface area contributed by atoms with E-state index in [0.717, 1.165) is 37.7 Å². The lowest BCUT2D eigenvalue weighted by atomic mass is 9.98. The summed E-state index contributed by atoms with van der Waals surface area (Å²) in [6, 6.07) is 7.20. The number of hydrogen-bond acceptors (Lipinski definition) is 6. The highest BCUT2D eigenvalue weighted by Gasteiger charge is 2.54. The Labute approximate surface area is 216 Å². The number of halogens is 3. The van der Waals surface area contributed by atoms with Crippen molar-refractivity contribution >= 4 is 17.7 Å². The number of nitrogens with zero attached hydrogens (tertiary/aromatic N) is 3. The SMILES string of the molecule is CCOc1cc(N2CC3C(/C=C/c4c(-c5ccccc5C(F)(F)F)noc4C4CC4)C3C2)cnc1C(=O)O. The zero-order valence-electron chi connectivity index (χ0n) is 20.6. The number of aromatic nitrogens is 2. The fourth-order valence-electron chi connectivity index (χ4n) is 5.55. The molecule has 10 heteroatoms. The van der Waals surface area contributed by atoms with Gasteiger partial charge in [0.15, 0.2) is 11.4 Å². The molecule has 2 aromatic heterocycles. The van der Waals surface area contributed by atoms with Crippen LogP contribution in [0.3, 0.4) is 0 Å². The molecule has 3 aliphatic rings. The maximum Gasteiger partial charge on any atom is 0.417 e. The third-order valence-corrected chi connectivity index (χ3v) is 7.64. The molecular weight excluding hydrogens is 499 g/mol. The highest BCUT2D eigenvalue weighted by molar-refractivity contribution is 5.89. The van der Waals surface area contributed by atoms with Crippen molar-refractivity contribution in [1.82, 2.24) is 10.1 Å². The van der Waals surface area contributed by atoms with Crippen LogP contribution in [0.2, 0.25) is 0 Å². The zero-order valence-corrected chi connectivity index (χ0v) is 20.6. The Morgan fingerprint density at radius 3 is 2.63 bits per heavy atom. The molecule has 0 radical (unpaired) electrons. The van der Waals surface area contributed by atoms with E-state index in [4.69, 9.17) is 9.26 Å². The smallest absolute Gasteiger partial charge is 0.417 e. The van der Waals surface area contributed by atoms with Crippen LogP contribution in [0.4, 0.5) is 18.9 Å². The van der Waals surface area contributed by atoms with E-state index in [9.17, 15) is 23.1 Å². The second-order valence-corrected chi connectivity index (χ2v) is 10.1. The second-order valence-electron chi connectivity index (χ2n) is 10.1. The number of hydrogen-bond donors (Lipinski definition) is 1. The molecular formula is C28H26F3N3O4. The van der Waals surface area contributed by atoms with E-state index in [2.05, 4.69) is 21.1 Å². The summed E-state index contributed by atoms with van der Waals surface area (Å²) in [6.07, 6.45) is 2.94. The first-order chi connectivity index (χ1) is 18.3. The van der Waals surface area contributed by atoms with Gasteiger partial charge in [-0.1, -0.05) is 35.5 Å². The van der Waals surface area contributed by atoms with Crippen molar-refractivity contribution in [2.24, 2.45) is 17.8 Å². The number of carboxylic acids is 1. The fraction of sp³-hybridized carbons (Fsp3) is 0.393. The topological polar surface area (TPSA) is 88.7 Å². The van der Waals surface area contributed by atoms with Crippen molar-refractivity contribution in [3.63, 3.8) is 0 Å². The van der Waals surface area contributed by atoms with Crippen molar-refractivity contribution in [1.29, 1.82) is 0 Å². The number of ether oxygens (including phenoxy) is 1. The van der Waals surface area contributed by atoms with Gasteiger partial charge in [0.1, 0.15) is 11.5 Å². The second kappa shape index (κ2) is 9.18. The van der Waals surface area contributed by atoms with Crippen LogP contribution in [0.15, 0.2) is 47.1 Å². The van der Waals surface area contributed by atoms with Crippen molar-refractivity contribution < 1.29 is 32.3 Å². The van der Waals surface area contributed by atoms with Gasteiger partial charge in [0.25, 0.3) is 0 Å². The molecule has 2 aliphatic carbocycles. The van der Waals surface area contributed by atoms with Crippen molar-refractivity contribution in [2.45, 2.75) is 31.9 Å². The van der Waals surface area contributed by atoms with Gasteiger partial charge < -0.3 is 19.3 Å². The van der Waals surface area contributed by atoms with Crippen LogP contribution in [0.25, 0.3) is 17.3 Å². The van der Waals surface area contributed by atoms with Crippen LogP contribution >= 0.6 is 0 Å². The number of carboxylic acid groups (broad SMARTS) is 1. The van der Waals surface area contributed by atoms with E-state index in [-0.39, 0.29) is 28.6 Å². The van der Waals surface area contributed by atoms with Crippen LogP contribution in [0, 0.1) is 17.8 Å². The summed E-state index contributed by atoms with van der Waals surface area (Å²) < 4.78 is 52.2. The van der Waals surface area contributed by atoms with E-state index < -0.39 is 17.7 Å². The highest BCUT2D eigenvalue weighted by Crippen LogP contribution is 2.54. The summed E-state index contributed by atoms with van der Waals surface area (Å²) in [5.74, 6) is 1.08. The molecule has 1 saturated heterocycles. The summed E-state index contributed by atoms with van der Waals surface area (Å²) in [6.45, 7) is 3.69. The molecule has 3 fully saturated rings. The minimum Gasteiger partial charge on any atom is -0.491 e. The molecule has 6 rings (SSSR count). The number of pyridine rings is 1. The quantitative estimate of drug-likeness (QED) is 0.379. The Morgan fingerprint density at radius 2 is 1.97 bits per heavy atom. The molecule has 1 aliphatic heterocycles. The third kappa shape index (κ3) is 4.41. The molecule has 2 saturated carbocycles. The average Bonchev–Trinajstić information content (AvgIpc) is 3.75. The van der Waals surface area contributed by atoms with Crippen LogP contribution < -0.4 is 9.64 Å². The summed E-state index contributed by atoms with van der Waals surface area (Å²) >= 11 is 0. The number of anilines is 1. The summed E-state index contributed by atoms with van der Waals surface area (Å²) in [5, 5.41) is 13.4. The van der Waals surface area contributed by atoms with Crippen LogP contribution in [0.5, 0.6) is 5.75 Å². The number of rotatable bonds is 8. The van der Waals surface area contributed by atoms with Gasteiger partial charge in [-0.2, -0.15) is 13.2 Å². The monoisotopic (exact) mass is 525 g/mol. The van der Waals surface area contributed by atoms with Gasteiger partial charge in [0, 0.05) is 36.2 Å². The first-order valence-corrected chi connectivity index (χ1v) is 12.7. The molecule has 1 N–H and O–H groups in total. The molecule has 0 spiro atoms. The summed E-state index contributed by atoms with van der Waals surface area (Å²) in [4.78, 5) is 17.7. The number of benzene rings is 1. The van der Waals surface area contributed by atoms with Crippen LogP contribution in [-0.2, 0) is 6.18 Å².